The number of nitrogens with zero attached hydrogens (tertiary/aromatic N) is 2. The summed E-state index contributed by atoms with van der Waals surface area (Å²) in [6.07, 6.45) is 1.25. The Hall–Kier alpha value is -2.45. The summed E-state index contributed by atoms with van der Waals surface area (Å²) in [7, 11) is 0. The molecule has 0 aliphatic carbocycles. The predicted molar refractivity (Wildman–Crippen MR) is 68.3 cm³/mol. The van der Waals surface area contributed by atoms with E-state index in [1.165, 1.54) is 36.5 Å². The number of nitriles is 1. The third-order valence-electron chi connectivity index (χ3n) is 2.35. The highest BCUT2D eigenvalue weighted by Gasteiger charge is 2.13. The molecule has 4 nitrogen and oxygen atoms in total. The van der Waals surface area contributed by atoms with E-state index in [2.05, 4.69) is 10.3 Å². The number of halogens is 2. The molecule has 0 spiro atoms. The summed E-state index contributed by atoms with van der Waals surface area (Å²) in [4.78, 5) is 15.2. The van der Waals surface area contributed by atoms with Gasteiger partial charge in [-0.3, -0.25) is 4.79 Å². The number of amides is 1. The van der Waals surface area contributed by atoms with Gasteiger partial charge in [0.05, 0.1) is 27.9 Å². The summed E-state index contributed by atoms with van der Waals surface area (Å²) in [5.74, 6) is -1.55. The minimum Gasteiger partial charge on any atom is -0.320 e. The molecule has 1 N–H and O–H groups in total. The van der Waals surface area contributed by atoms with Crippen molar-refractivity contribution in [1.29, 1.82) is 5.26 Å². The first kappa shape index (κ1) is 13.0. The van der Waals surface area contributed by atoms with Crippen LogP contribution in [0.25, 0.3) is 0 Å². The Morgan fingerprint density at radius 3 is 2.89 bits per heavy atom. The number of nitrogens with one attached hydrogen (secondary N) is 1. The Labute approximate surface area is 113 Å². The number of benzene rings is 1. The number of carbonyl (C=O) groups is 1. The summed E-state index contributed by atoms with van der Waals surface area (Å²) in [5.41, 5.74) is 0.390. The number of hydrogen-bond donors (Lipinski definition) is 1. The van der Waals surface area contributed by atoms with Crippen molar-refractivity contribution in [3.8, 4) is 6.07 Å². The second kappa shape index (κ2) is 5.46. The van der Waals surface area contributed by atoms with Gasteiger partial charge in [0, 0.05) is 6.20 Å². The van der Waals surface area contributed by atoms with Crippen molar-refractivity contribution in [2.24, 2.45) is 0 Å². The second-order valence-corrected chi connectivity index (χ2v) is 4.01. The Morgan fingerprint density at radius 2 is 2.21 bits per heavy atom. The van der Waals surface area contributed by atoms with Crippen LogP contribution in [0.4, 0.5) is 10.1 Å². The minimum atomic E-state index is -0.868. The number of hydrogen-bond acceptors (Lipinski definition) is 3. The molecule has 0 radical (unpaired) electrons. The Balaban J connectivity index is 2.30. The fourth-order valence-corrected chi connectivity index (χ4v) is 1.60. The van der Waals surface area contributed by atoms with E-state index in [1.807, 2.05) is 6.07 Å². The van der Waals surface area contributed by atoms with Crippen molar-refractivity contribution in [3.63, 3.8) is 0 Å². The fraction of sp³-hybridized carbons (Fsp3) is 0. The summed E-state index contributed by atoms with van der Waals surface area (Å²) in [6.45, 7) is 0. The molecule has 2 rings (SSSR count). The lowest BCUT2D eigenvalue weighted by molar-refractivity contribution is 0.102. The molecule has 0 atom stereocenters. The molecule has 2 aromatic rings. The van der Waals surface area contributed by atoms with Gasteiger partial charge in [-0.05, 0) is 30.3 Å². The highest BCUT2D eigenvalue weighted by Crippen LogP contribution is 2.23. The molecule has 1 heterocycles. The average molecular weight is 276 g/mol. The van der Waals surface area contributed by atoms with Crippen molar-refractivity contribution in [3.05, 3.63) is 58.6 Å². The van der Waals surface area contributed by atoms with E-state index >= 15 is 0 Å². The maximum Gasteiger partial charge on any atom is 0.260 e. The molecule has 0 fully saturated rings. The van der Waals surface area contributed by atoms with Crippen LogP contribution in [-0.2, 0) is 0 Å². The van der Waals surface area contributed by atoms with Gasteiger partial charge in [0.2, 0.25) is 5.95 Å². The Morgan fingerprint density at radius 1 is 1.42 bits per heavy atom. The molecule has 1 amide bonds. The molecule has 0 aliphatic rings. The van der Waals surface area contributed by atoms with Gasteiger partial charge in [0.25, 0.3) is 5.91 Å². The van der Waals surface area contributed by atoms with Crippen molar-refractivity contribution in [2.75, 3.05) is 5.32 Å². The van der Waals surface area contributed by atoms with Gasteiger partial charge in [0.1, 0.15) is 0 Å². The lowest BCUT2D eigenvalue weighted by Gasteiger charge is -2.07. The van der Waals surface area contributed by atoms with Crippen LogP contribution in [0, 0.1) is 17.3 Å². The number of aromatic nitrogens is 1. The fourth-order valence-electron chi connectivity index (χ4n) is 1.44. The van der Waals surface area contributed by atoms with Crippen LogP contribution in [0.3, 0.4) is 0 Å². The van der Waals surface area contributed by atoms with E-state index in [9.17, 15) is 9.18 Å². The first-order chi connectivity index (χ1) is 9.11. The zero-order chi connectivity index (χ0) is 13.8. The maximum absolute atomic E-state index is 13.3. The summed E-state index contributed by atoms with van der Waals surface area (Å²) >= 11 is 5.89. The Bertz CT molecular complexity index is 682. The SMILES string of the molecule is N#Cc1ccc(Cl)c(NC(=O)c2cccnc2F)c1. The van der Waals surface area contributed by atoms with Gasteiger partial charge in [-0.15, -0.1) is 0 Å². The molecule has 94 valence electrons. The van der Waals surface area contributed by atoms with E-state index < -0.39 is 11.9 Å². The molecule has 0 unspecified atom stereocenters. The number of rotatable bonds is 2. The van der Waals surface area contributed by atoms with Gasteiger partial charge < -0.3 is 5.32 Å². The minimum absolute atomic E-state index is 0.194. The normalized spacial score (nSPS) is 9.74. The molecule has 0 bridgehead atoms. The topological polar surface area (TPSA) is 65.8 Å². The maximum atomic E-state index is 13.3. The molecule has 1 aromatic heterocycles. The molecular weight excluding hydrogens is 269 g/mol. The molecule has 0 saturated carbocycles. The van der Waals surface area contributed by atoms with E-state index in [0.717, 1.165) is 0 Å². The summed E-state index contributed by atoms with van der Waals surface area (Å²) < 4.78 is 13.3. The zero-order valence-corrected chi connectivity index (χ0v) is 10.3. The lowest BCUT2D eigenvalue weighted by Crippen LogP contribution is -2.14. The quantitative estimate of drug-likeness (QED) is 0.857. The van der Waals surface area contributed by atoms with E-state index in [4.69, 9.17) is 16.9 Å². The zero-order valence-electron chi connectivity index (χ0n) is 9.52. The molecule has 1 aromatic carbocycles. The van der Waals surface area contributed by atoms with Crippen LogP contribution in [0.2, 0.25) is 5.02 Å². The lowest BCUT2D eigenvalue weighted by atomic mass is 10.2. The molecule has 0 saturated heterocycles. The van der Waals surface area contributed by atoms with Crippen LogP contribution >= 0.6 is 11.6 Å². The van der Waals surface area contributed by atoms with Gasteiger partial charge in [0.15, 0.2) is 0 Å². The molecular formula is C13H7ClFN3O. The van der Waals surface area contributed by atoms with Gasteiger partial charge in [-0.1, -0.05) is 11.6 Å². The van der Waals surface area contributed by atoms with Crippen molar-refractivity contribution >= 4 is 23.2 Å². The van der Waals surface area contributed by atoms with E-state index in [1.54, 1.807) is 0 Å². The van der Waals surface area contributed by atoms with Gasteiger partial charge >= 0.3 is 0 Å². The first-order valence-corrected chi connectivity index (χ1v) is 5.61. The predicted octanol–water partition coefficient (Wildman–Crippen LogP) is 3.00. The Kier molecular flexibility index (Phi) is 3.74. The summed E-state index contributed by atoms with van der Waals surface area (Å²) in [5, 5.41) is 11.5. The molecule has 0 aliphatic heterocycles. The van der Waals surface area contributed by atoms with Crippen molar-refractivity contribution < 1.29 is 9.18 Å². The highest BCUT2D eigenvalue weighted by molar-refractivity contribution is 6.34. The third-order valence-corrected chi connectivity index (χ3v) is 2.68. The number of pyridine rings is 1. The highest BCUT2D eigenvalue weighted by atomic mass is 35.5. The molecule has 19 heavy (non-hydrogen) atoms. The standard InChI is InChI=1S/C13H7ClFN3O/c14-10-4-3-8(7-16)6-11(10)18-13(19)9-2-1-5-17-12(9)15/h1-6H,(H,18,19). The van der Waals surface area contributed by atoms with Crippen molar-refractivity contribution in [1.82, 2.24) is 4.98 Å². The van der Waals surface area contributed by atoms with Crippen LogP contribution in [0.5, 0.6) is 0 Å². The van der Waals surface area contributed by atoms with Crippen LogP contribution in [0.1, 0.15) is 15.9 Å². The van der Waals surface area contributed by atoms with Gasteiger partial charge in [-0.25, -0.2) is 4.98 Å². The first-order valence-electron chi connectivity index (χ1n) is 5.23. The van der Waals surface area contributed by atoms with E-state index in [0.29, 0.717) is 5.56 Å². The van der Waals surface area contributed by atoms with Crippen molar-refractivity contribution in [2.45, 2.75) is 0 Å². The largest absolute Gasteiger partial charge is 0.320 e. The molecule has 6 heteroatoms. The number of carbonyl (C=O) groups excluding carboxylic acids is 1. The second-order valence-electron chi connectivity index (χ2n) is 3.60. The van der Waals surface area contributed by atoms with Crippen LogP contribution in [-0.4, -0.2) is 10.9 Å². The van der Waals surface area contributed by atoms with Gasteiger partial charge in [-0.2, -0.15) is 9.65 Å². The van der Waals surface area contributed by atoms with Crippen LogP contribution < -0.4 is 5.32 Å². The number of anilines is 1. The summed E-state index contributed by atoms with van der Waals surface area (Å²) in [6, 6.07) is 9.09. The average Bonchev–Trinajstić information content (AvgIpc) is 2.41. The smallest absolute Gasteiger partial charge is 0.260 e. The monoisotopic (exact) mass is 275 g/mol. The van der Waals surface area contributed by atoms with E-state index in [-0.39, 0.29) is 16.3 Å². The third kappa shape index (κ3) is 2.87. The van der Waals surface area contributed by atoms with Crippen LogP contribution in [0.15, 0.2) is 36.5 Å².